The maximum Gasteiger partial charge on any atom is 0.157 e. The van der Waals surface area contributed by atoms with Gasteiger partial charge < -0.3 is 4.90 Å². The average Bonchev–Trinajstić information content (AvgIpc) is 2.63. The molecular weight excluding hydrogens is 376 g/mol. The molecule has 0 saturated heterocycles. The number of anilines is 1. The lowest BCUT2D eigenvalue weighted by Gasteiger charge is -2.30. The largest absolute Gasteiger partial charge is 0.358 e. The summed E-state index contributed by atoms with van der Waals surface area (Å²) in [5.41, 5.74) is 2.15. The van der Waals surface area contributed by atoms with Gasteiger partial charge in [0, 0.05) is 31.6 Å². The summed E-state index contributed by atoms with van der Waals surface area (Å²) >= 11 is 6.38. The molecule has 0 amide bonds. The highest BCUT2D eigenvalue weighted by molar-refractivity contribution is 6.32. The first kappa shape index (κ1) is 22.0. The zero-order chi connectivity index (χ0) is 21.0. The van der Waals surface area contributed by atoms with Gasteiger partial charge in [-0.2, -0.15) is 0 Å². The van der Waals surface area contributed by atoms with Crippen LogP contribution in [0.3, 0.4) is 0 Å². The van der Waals surface area contributed by atoms with Gasteiger partial charge in [0.25, 0.3) is 0 Å². The van der Waals surface area contributed by atoms with Crippen molar-refractivity contribution < 1.29 is 9.59 Å². The summed E-state index contributed by atoms with van der Waals surface area (Å²) in [6.07, 6.45) is 4.93. The van der Waals surface area contributed by atoms with Gasteiger partial charge in [-0.25, -0.2) is 4.98 Å². The van der Waals surface area contributed by atoms with Gasteiger partial charge in [-0.3, -0.25) is 19.5 Å². The van der Waals surface area contributed by atoms with Crippen LogP contribution in [0.1, 0.15) is 44.0 Å². The Bertz CT molecular complexity index is 840. The van der Waals surface area contributed by atoms with E-state index in [1.165, 1.54) is 6.92 Å². The second kappa shape index (κ2) is 9.26. The van der Waals surface area contributed by atoms with Gasteiger partial charge in [-0.15, -0.1) is 0 Å². The standard InChI is InChI=1S/C21H27ClN4O2/c1-13(2)20(28)19(25(4)5)16-11-17(21(22)24-12-16)26(6)18(14(3)27)15-7-9-23-10-8-15/h7-13,18-19H,1-6H3. The van der Waals surface area contributed by atoms with Crippen LogP contribution < -0.4 is 4.90 Å². The molecule has 2 heterocycles. The molecule has 0 spiro atoms. The lowest BCUT2D eigenvalue weighted by Crippen LogP contribution is -2.32. The molecule has 28 heavy (non-hydrogen) atoms. The van der Waals surface area contributed by atoms with E-state index in [-0.39, 0.29) is 22.6 Å². The molecule has 2 aromatic heterocycles. The summed E-state index contributed by atoms with van der Waals surface area (Å²) in [4.78, 5) is 37.1. The van der Waals surface area contributed by atoms with Crippen molar-refractivity contribution in [1.82, 2.24) is 14.9 Å². The average molecular weight is 403 g/mol. The number of halogens is 1. The number of ketones is 2. The first-order valence-electron chi connectivity index (χ1n) is 9.14. The number of hydrogen-bond acceptors (Lipinski definition) is 6. The fourth-order valence-corrected chi connectivity index (χ4v) is 3.53. The van der Waals surface area contributed by atoms with Crippen LogP contribution in [-0.2, 0) is 9.59 Å². The van der Waals surface area contributed by atoms with E-state index >= 15 is 0 Å². The predicted molar refractivity (Wildman–Crippen MR) is 112 cm³/mol. The minimum atomic E-state index is -0.531. The van der Waals surface area contributed by atoms with E-state index in [0.717, 1.165) is 11.1 Å². The molecule has 150 valence electrons. The van der Waals surface area contributed by atoms with Crippen molar-refractivity contribution >= 4 is 28.9 Å². The van der Waals surface area contributed by atoms with E-state index in [9.17, 15) is 9.59 Å². The molecule has 0 aliphatic heterocycles. The van der Waals surface area contributed by atoms with Crippen molar-refractivity contribution in [2.75, 3.05) is 26.0 Å². The first-order valence-corrected chi connectivity index (χ1v) is 9.51. The zero-order valence-electron chi connectivity index (χ0n) is 17.2. The summed E-state index contributed by atoms with van der Waals surface area (Å²) in [5.74, 6) is -0.0522. The van der Waals surface area contributed by atoms with E-state index < -0.39 is 12.1 Å². The lowest BCUT2D eigenvalue weighted by molar-refractivity contribution is -0.126. The van der Waals surface area contributed by atoms with Crippen LogP contribution in [0.2, 0.25) is 5.15 Å². The summed E-state index contributed by atoms with van der Waals surface area (Å²) in [5, 5.41) is 0.279. The Morgan fingerprint density at radius 1 is 1.04 bits per heavy atom. The number of hydrogen-bond donors (Lipinski definition) is 0. The Morgan fingerprint density at radius 2 is 1.64 bits per heavy atom. The third kappa shape index (κ3) is 4.75. The van der Waals surface area contributed by atoms with E-state index in [2.05, 4.69) is 9.97 Å². The van der Waals surface area contributed by atoms with Crippen LogP contribution in [0.5, 0.6) is 0 Å². The van der Waals surface area contributed by atoms with Gasteiger partial charge in [0.05, 0.1) is 11.7 Å². The lowest BCUT2D eigenvalue weighted by atomic mass is 9.95. The van der Waals surface area contributed by atoms with Crippen LogP contribution in [0.25, 0.3) is 0 Å². The summed E-state index contributed by atoms with van der Waals surface area (Å²) < 4.78 is 0. The normalized spacial score (nSPS) is 13.5. The molecule has 0 aliphatic carbocycles. The molecule has 0 saturated carbocycles. The smallest absolute Gasteiger partial charge is 0.157 e. The van der Waals surface area contributed by atoms with Crippen molar-refractivity contribution in [3.05, 3.63) is 53.1 Å². The molecule has 2 unspecified atom stereocenters. The number of carbonyl (C=O) groups is 2. The number of nitrogens with zero attached hydrogens (tertiary/aromatic N) is 4. The Hall–Kier alpha value is -2.31. The molecular formula is C21H27ClN4O2. The third-order valence-corrected chi connectivity index (χ3v) is 4.98. The van der Waals surface area contributed by atoms with Crippen LogP contribution in [0.15, 0.2) is 36.8 Å². The minimum Gasteiger partial charge on any atom is -0.358 e. The molecule has 2 rings (SSSR count). The van der Waals surface area contributed by atoms with Gasteiger partial charge in [0.1, 0.15) is 6.04 Å². The Kier molecular flexibility index (Phi) is 7.27. The molecule has 0 radical (unpaired) electrons. The summed E-state index contributed by atoms with van der Waals surface area (Å²) in [6, 6.07) is 4.49. The molecule has 0 bridgehead atoms. The van der Waals surface area contributed by atoms with Crippen LogP contribution in [0.4, 0.5) is 5.69 Å². The summed E-state index contributed by atoms with van der Waals surface area (Å²) in [7, 11) is 5.52. The van der Waals surface area contributed by atoms with Gasteiger partial charge in [0.2, 0.25) is 0 Å². The summed E-state index contributed by atoms with van der Waals surface area (Å²) in [6.45, 7) is 5.30. The number of aromatic nitrogens is 2. The van der Waals surface area contributed by atoms with Gasteiger partial charge in [-0.05, 0) is 50.3 Å². The molecule has 0 fully saturated rings. The third-order valence-electron chi connectivity index (χ3n) is 4.69. The zero-order valence-corrected chi connectivity index (χ0v) is 17.9. The molecule has 0 aromatic carbocycles. The Balaban J connectivity index is 2.51. The van der Waals surface area contributed by atoms with E-state index in [0.29, 0.717) is 5.69 Å². The second-order valence-electron chi connectivity index (χ2n) is 7.41. The maximum atomic E-state index is 12.7. The quantitative estimate of drug-likeness (QED) is 0.627. The Morgan fingerprint density at radius 3 is 2.14 bits per heavy atom. The maximum absolute atomic E-state index is 12.7. The van der Waals surface area contributed by atoms with E-state index in [4.69, 9.17) is 11.6 Å². The highest BCUT2D eigenvalue weighted by atomic mass is 35.5. The number of rotatable bonds is 8. The fraction of sp³-hybridized carbons (Fsp3) is 0.429. The first-order chi connectivity index (χ1) is 13.1. The van der Waals surface area contributed by atoms with E-state index in [1.54, 1.807) is 42.7 Å². The van der Waals surface area contributed by atoms with Crippen molar-refractivity contribution in [2.24, 2.45) is 5.92 Å². The fourth-order valence-electron chi connectivity index (χ4n) is 3.30. The van der Waals surface area contributed by atoms with Crippen LogP contribution in [-0.4, -0.2) is 47.6 Å². The predicted octanol–water partition coefficient (Wildman–Crippen LogP) is 3.72. The van der Waals surface area contributed by atoms with Gasteiger partial charge >= 0.3 is 0 Å². The highest BCUT2D eigenvalue weighted by Crippen LogP contribution is 2.34. The SMILES string of the molecule is CC(=O)C(c1ccncc1)N(C)c1cc(C(C(=O)C(C)C)N(C)C)cnc1Cl. The molecule has 7 heteroatoms. The molecule has 0 aliphatic rings. The molecule has 2 aromatic rings. The van der Waals surface area contributed by atoms with Crippen molar-refractivity contribution in [2.45, 2.75) is 32.9 Å². The number of likely N-dealkylation sites (N-methyl/N-ethyl adjacent to an activating group) is 2. The highest BCUT2D eigenvalue weighted by Gasteiger charge is 2.29. The number of pyridine rings is 2. The van der Waals surface area contributed by atoms with Crippen molar-refractivity contribution in [3.63, 3.8) is 0 Å². The van der Waals surface area contributed by atoms with Gasteiger partial charge in [0.15, 0.2) is 16.7 Å². The van der Waals surface area contributed by atoms with Crippen LogP contribution >= 0.6 is 11.6 Å². The molecule has 2 atom stereocenters. The monoisotopic (exact) mass is 402 g/mol. The molecule has 6 nitrogen and oxygen atoms in total. The van der Waals surface area contributed by atoms with E-state index in [1.807, 2.05) is 38.9 Å². The topological polar surface area (TPSA) is 66.4 Å². The van der Waals surface area contributed by atoms with Crippen molar-refractivity contribution in [1.29, 1.82) is 0 Å². The van der Waals surface area contributed by atoms with Gasteiger partial charge in [-0.1, -0.05) is 25.4 Å². The second-order valence-corrected chi connectivity index (χ2v) is 7.76. The minimum absolute atomic E-state index is 0.0300. The van der Waals surface area contributed by atoms with Crippen LogP contribution in [0, 0.1) is 5.92 Å². The Labute approximate surface area is 171 Å². The molecule has 0 N–H and O–H groups in total. The number of Topliss-reactive ketones (excluding diaryl/α,β-unsaturated/α-hetero) is 2. The van der Waals surface area contributed by atoms with Crippen molar-refractivity contribution in [3.8, 4) is 0 Å². The number of carbonyl (C=O) groups excluding carboxylic acids is 2.